The van der Waals surface area contributed by atoms with Gasteiger partial charge in [0.05, 0.1) is 35.8 Å². The molecular weight excluding hydrogens is 478 g/mol. The molecule has 0 unspecified atom stereocenters. The van der Waals surface area contributed by atoms with Crippen LogP contribution in [0.1, 0.15) is 31.1 Å². The lowest BCUT2D eigenvalue weighted by atomic mass is 10.2. The Kier molecular flexibility index (Phi) is 8.32. The lowest BCUT2D eigenvalue weighted by Gasteiger charge is -2.35. The molecule has 1 aliphatic rings. The fourth-order valence-electron chi connectivity index (χ4n) is 4.39. The van der Waals surface area contributed by atoms with E-state index in [1.54, 1.807) is 31.2 Å². The van der Waals surface area contributed by atoms with E-state index in [1.807, 2.05) is 53.8 Å². The van der Waals surface area contributed by atoms with Crippen LogP contribution in [0.2, 0.25) is 0 Å². The van der Waals surface area contributed by atoms with Gasteiger partial charge in [-0.1, -0.05) is 30.3 Å². The molecule has 1 aromatic heterocycles. The van der Waals surface area contributed by atoms with Crippen LogP contribution in [0.5, 0.6) is 0 Å². The van der Waals surface area contributed by atoms with E-state index in [4.69, 9.17) is 9.47 Å². The van der Waals surface area contributed by atoms with Crippen molar-refractivity contribution in [3.05, 3.63) is 60.3 Å². The molecule has 8 nitrogen and oxygen atoms in total. The first kappa shape index (κ1) is 25.8. The smallest absolute Gasteiger partial charge is 0.340 e. The summed E-state index contributed by atoms with van der Waals surface area (Å²) in [7, 11) is 0. The molecule has 2 atom stereocenters. The van der Waals surface area contributed by atoms with E-state index in [2.05, 4.69) is 5.32 Å². The SMILES string of the molecule is CCOC(=O)c1ccccc1NC(=O)CSc1cn(CC(=O)N2C[C@@H](C)O[C@H](C)C2)c2ccccc12. The number of nitrogens with one attached hydrogen (secondary N) is 1. The number of para-hydroxylation sites is 2. The van der Waals surface area contributed by atoms with Gasteiger partial charge < -0.3 is 24.3 Å². The van der Waals surface area contributed by atoms with E-state index in [-0.39, 0.29) is 42.9 Å². The average molecular weight is 510 g/mol. The van der Waals surface area contributed by atoms with E-state index in [1.165, 1.54) is 11.8 Å². The van der Waals surface area contributed by atoms with Gasteiger partial charge in [-0.25, -0.2) is 4.79 Å². The van der Waals surface area contributed by atoms with Crippen LogP contribution in [0.25, 0.3) is 10.9 Å². The minimum Gasteiger partial charge on any atom is -0.462 e. The number of benzene rings is 2. The first-order chi connectivity index (χ1) is 17.4. The van der Waals surface area contributed by atoms with Crippen molar-refractivity contribution in [3.63, 3.8) is 0 Å². The largest absolute Gasteiger partial charge is 0.462 e. The molecular formula is C27H31N3O5S. The number of ether oxygens (including phenoxy) is 2. The number of hydrogen-bond donors (Lipinski definition) is 1. The summed E-state index contributed by atoms with van der Waals surface area (Å²) in [6.45, 7) is 7.33. The highest BCUT2D eigenvalue weighted by Gasteiger charge is 2.26. The molecule has 1 saturated heterocycles. The highest BCUT2D eigenvalue weighted by molar-refractivity contribution is 8.00. The number of carbonyl (C=O) groups is 3. The third-order valence-corrected chi connectivity index (χ3v) is 6.93. The van der Waals surface area contributed by atoms with Gasteiger partial charge in [0.1, 0.15) is 6.54 Å². The van der Waals surface area contributed by atoms with Gasteiger partial charge in [-0.05, 0) is 39.0 Å². The number of esters is 1. The average Bonchev–Trinajstić information content (AvgIpc) is 3.20. The second-order valence-electron chi connectivity index (χ2n) is 8.80. The molecule has 2 amide bonds. The van der Waals surface area contributed by atoms with Gasteiger partial charge in [0.25, 0.3) is 0 Å². The second-order valence-corrected chi connectivity index (χ2v) is 9.81. The van der Waals surface area contributed by atoms with Gasteiger partial charge >= 0.3 is 5.97 Å². The Morgan fingerprint density at radius 1 is 1.06 bits per heavy atom. The maximum absolute atomic E-state index is 13.1. The third-order valence-electron chi connectivity index (χ3n) is 5.89. The van der Waals surface area contributed by atoms with Crippen molar-refractivity contribution in [1.82, 2.24) is 9.47 Å². The molecule has 1 fully saturated rings. The van der Waals surface area contributed by atoms with E-state index < -0.39 is 5.97 Å². The predicted molar refractivity (Wildman–Crippen MR) is 140 cm³/mol. The number of morpholine rings is 1. The van der Waals surface area contributed by atoms with Gasteiger partial charge in [-0.3, -0.25) is 9.59 Å². The molecule has 4 rings (SSSR count). The molecule has 0 saturated carbocycles. The minimum atomic E-state index is -0.474. The first-order valence-electron chi connectivity index (χ1n) is 12.1. The van der Waals surface area contributed by atoms with Crippen LogP contribution in [0.4, 0.5) is 5.69 Å². The van der Waals surface area contributed by atoms with E-state index in [9.17, 15) is 14.4 Å². The van der Waals surface area contributed by atoms with Crippen molar-refractivity contribution in [2.45, 2.75) is 44.4 Å². The summed E-state index contributed by atoms with van der Waals surface area (Å²) < 4.78 is 12.8. The van der Waals surface area contributed by atoms with Crippen LogP contribution in [0.15, 0.2) is 59.6 Å². The summed E-state index contributed by atoms with van der Waals surface area (Å²) in [5, 5.41) is 3.80. The second kappa shape index (κ2) is 11.6. The number of nitrogens with zero attached hydrogens (tertiary/aromatic N) is 2. The molecule has 0 spiro atoms. The number of aromatic nitrogens is 1. The van der Waals surface area contributed by atoms with Crippen LogP contribution in [0, 0.1) is 0 Å². The number of amides is 2. The number of carbonyl (C=O) groups excluding carboxylic acids is 3. The van der Waals surface area contributed by atoms with Gasteiger partial charge in [-0.2, -0.15) is 0 Å². The highest BCUT2D eigenvalue weighted by Crippen LogP contribution is 2.30. The third kappa shape index (κ3) is 6.09. The molecule has 1 aliphatic heterocycles. The monoisotopic (exact) mass is 509 g/mol. The quantitative estimate of drug-likeness (QED) is 0.362. The summed E-state index contributed by atoms with van der Waals surface area (Å²) in [5.74, 6) is -0.515. The molecule has 0 radical (unpaired) electrons. The summed E-state index contributed by atoms with van der Waals surface area (Å²) >= 11 is 1.39. The van der Waals surface area contributed by atoms with Crippen molar-refractivity contribution < 1.29 is 23.9 Å². The zero-order valence-electron chi connectivity index (χ0n) is 20.7. The Labute approximate surface area is 214 Å². The summed E-state index contributed by atoms with van der Waals surface area (Å²) in [4.78, 5) is 40.8. The van der Waals surface area contributed by atoms with Gasteiger partial charge in [0, 0.05) is 35.1 Å². The fraction of sp³-hybridized carbons (Fsp3) is 0.370. The van der Waals surface area contributed by atoms with Crippen LogP contribution in [-0.2, 0) is 25.6 Å². The van der Waals surface area contributed by atoms with Crippen LogP contribution in [0.3, 0.4) is 0 Å². The Morgan fingerprint density at radius 3 is 2.50 bits per heavy atom. The standard InChI is InChI=1S/C27H31N3O5S/c1-4-34-27(33)20-9-5-7-11-22(20)28-25(31)17-36-24-15-29(23-12-8-6-10-21(23)24)16-26(32)30-13-18(2)35-19(3)14-30/h5-12,15,18-19H,4,13-14,16-17H2,1-3H3,(H,28,31)/t18-,19-/m1/s1. The Bertz CT molecular complexity index is 1250. The van der Waals surface area contributed by atoms with Crippen molar-refractivity contribution in [2.75, 3.05) is 30.8 Å². The summed E-state index contributed by atoms with van der Waals surface area (Å²) in [5.41, 5.74) is 1.68. The predicted octanol–water partition coefficient (Wildman–Crippen LogP) is 4.18. The zero-order valence-corrected chi connectivity index (χ0v) is 21.5. The van der Waals surface area contributed by atoms with Crippen molar-refractivity contribution >= 4 is 46.1 Å². The number of rotatable bonds is 8. The van der Waals surface area contributed by atoms with Gasteiger partial charge in [0.2, 0.25) is 11.8 Å². The van der Waals surface area contributed by atoms with Crippen LogP contribution in [-0.4, -0.2) is 64.9 Å². The normalized spacial score (nSPS) is 17.7. The molecule has 0 bridgehead atoms. The maximum atomic E-state index is 13.1. The molecule has 1 N–H and O–H groups in total. The number of anilines is 1. The van der Waals surface area contributed by atoms with Crippen molar-refractivity contribution in [3.8, 4) is 0 Å². The molecule has 190 valence electrons. The lowest BCUT2D eigenvalue weighted by Crippen LogP contribution is -2.49. The molecule has 2 heterocycles. The molecule has 2 aromatic carbocycles. The Balaban J connectivity index is 1.45. The summed E-state index contributed by atoms with van der Waals surface area (Å²) in [6, 6.07) is 14.6. The minimum absolute atomic E-state index is 0.0118. The topological polar surface area (TPSA) is 89.9 Å². The molecule has 0 aliphatic carbocycles. The Morgan fingerprint density at radius 2 is 1.75 bits per heavy atom. The molecule has 36 heavy (non-hydrogen) atoms. The fourth-order valence-corrected chi connectivity index (χ4v) is 5.28. The van der Waals surface area contributed by atoms with Crippen molar-refractivity contribution in [1.29, 1.82) is 0 Å². The van der Waals surface area contributed by atoms with Crippen LogP contribution < -0.4 is 5.32 Å². The molecule has 3 aromatic rings. The number of thioether (sulfide) groups is 1. The summed E-state index contributed by atoms with van der Waals surface area (Å²) in [6.07, 6.45) is 1.95. The van der Waals surface area contributed by atoms with Crippen LogP contribution >= 0.6 is 11.8 Å². The number of hydrogen-bond acceptors (Lipinski definition) is 6. The van der Waals surface area contributed by atoms with E-state index in [0.717, 1.165) is 15.8 Å². The lowest BCUT2D eigenvalue weighted by molar-refractivity contribution is -0.143. The van der Waals surface area contributed by atoms with E-state index >= 15 is 0 Å². The first-order valence-corrected chi connectivity index (χ1v) is 13.0. The van der Waals surface area contributed by atoms with E-state index in [0.29, 0.717) is 24.3 Å². The molecule has 9 heteroatoms. The van der Waals surface area contributed by atoms with Gasteiger partial charge in [-0.15, -0.1) is 11.8 Å². The number of fused-ring (bicyclic) bond motifs is 1. The van der Waals surface area contributed by atoms with Gasteiger partial charge in [0.15, 0.2) is 0 Å². The van der Waals surface area contributed by atoms with Crippen molar-refractivity contribution in [2.24, 2.45) is 0 Å². The maximum Gasteiger partial charge on any atom is 0.340 e. The Hall–Kier alpha value is -3.30. The highest BCUT2D eigenvalue weighted by atomic mass is 32.2. The zero-order chi connectivity index (χ0) is 25.7.